The number of para-hydroxylation sites is 1. The van der Waals surface area contributed by atoms with E-state index < -0.39 is 0 Å². The molecule has 4 rings (SSSR count). The Labute approximate surface area is 160 Å². The molecule has 0 aromatic heterocycles. The highest BCUT2D eigenvalue weighted by molar-refractivity contribution is 5.50. The van der Waals surface area contributed by atoms with Gasteiger partial charge in [0.25, 0.3) is 0 Å². The zero-order chi connectivity index (χ0) is 19.0. The molecule has 27 heavy (non-hydrogen) atoms. The molecule has 3 atom stereocenters. The number of benzene rings is 2. The zero-order valence-electron chi connectivity index (χ0n) is 16.2. The van der Waals surface area contributed by atoms with Crippen LogP contribution in [-0.2, 0) is 11.2 Å². The highest BCUT2D eigenvalue weighted by Crippen LogP contribution is 2.53. The monoisotopic (exact) mass is 370 g/mol. The van der Waals surface area contributed by atoms with Gasteiger partial charge in [0.1, 0.15) is 11.4 Å². The molecule has 2 aromatic carbocycles. The number of hydrogen-bond donors (Lipinski definition) is 0. The summed E-state index contributed by atoms with van der Waals surface area (Å²) in [7, 11) is 0. The predicted octanol–water partition coefficient (Wildman–Crippen LogP) is 5.47. The molecule has 1 fully saturated rings. The number of fused-ring (bicyclic) bond motifs is 3. The van der Waals surface area contributed by atoms with Crippen molar-refractivity contribution in [3.63, 3.8) is 0 Å². The molecule has 0 aliphatic carbocycles. The number of rotatable bonds is 4. The van der Waals surface area contributed by atoms with Gasteiger partial charge in [-0.05, 0) is 63.8 Å². The van der Waals surface area contributed by atoms with Crippen LogP contribution in [0.1, 0.15) is 50.8 Å². The minimum absolute atomic E-state index is 0.0108. The summed E-state index contributed by atoms with van der Waals surface area (Å²) in [6, 6.07) is 12.8. The fraction of sp³-hybridized carbons (Fsp3) is 0.478. The second kappa shape index (κ2) is 7.16. The third-order valence-corrected chi connectivity index (χ3v) is 5.75. The fourth-order valence-electron chi connectivity index (χ4n) is 4.40. The van der Waals surface area contributed by atoms with Crippen molar-refractivity contribution in [2.24, 2.45) is 5.92 Å². The van der Waals surface area contributed by atoms with Crippen molar-refractivity contribution < 1.29 is 18.6 Å². The maximum Gasteiger partial charge on any atom is 0.167 e. The first-order valence-electron chi connectivity index (χ1n) is 9.82. The number of ether oxygens (including phenoxy) is 3. The lowest BCUT2D eigenvalue weighted by Gasteiger charge is -2.49. The van der Waals surface area contributed by atoms with E-state index in [4.69, 9.17) is 14.2 Å². The van der Waals surface area contributed by atoms with E-state index in [9.17, 15) is 4.39 Å². The normalized spacial score (nSPS) is 25.9. The minimum Gasteiger partial charge on any atom is -0.490 e. The van der Waals surface area contributed by atoms with Crippen molar-refractivity contribution in [3.8, 4) is 11.5 Å². The van der Waals surface area contributed by atoms with Crippen LogP contribution in [0, 0.1) is 11.7 Å². The topological polar surface area (TPSA) is 27.7 Å². The van der Waals surface area contributed by atoms with Crippen molar-refractivity contribution in [1.29, 1.82) is 0 Å². The van der Waals surface area contributed by atoms with Gasteiger partial charge in [-0.15, -0.1) is 0 Å². The molecule has 0 unspecified atom stereocenters. The van der Waals surface area contributed by atoms with E-state index >= 15 is 0 Å². The molecule has 0 radical (unpaired) electrons. The molecule has 2 aliphatic heterocycles. The van der Waals surface area contributed by atoms with Crippen LogP contribution < -0.4 is 9.47 Å². The fourth-order valence-corrected chi connectivity index (χ4v) is 4.40. The van der Waals surface area contributed by atoms with Gasteiger partial charge in [-0.1, -0.05) is 24.3 Å². The average molecular weight is 370 g/mol. The maximum atomic E-state index is 13.2. The summed E-state index contributed by atoms with van der Waals surface area (Å²) in [5.41, 5.74) is 1.87. The highest BCUT2D eigenvalue weighted by atomic mass is 19.1. The third kappa shape index (κ3) is 3.55. The first-order valence-corrected chi connectivity index (χ1v) is 9.82. The van der Waals surface area contributed by atoms with Crippen molar-refractivity contribution >= 4 is 0 Å². The Balaban J connectivity index is 1.61. The summed E-state index contributed by atoms with van der Waals surface area (Å²) in [5, 5.41) is 0. The number of hydrogen-bond acceptors (Lipinski definition) is 3. The van der Waals surface area contributed by atoms with Crippen molar-refractivity contribution in [2.75, 3.05) is 6.61 Å². The van der Waals surface area contributed by atoms with E-state index in [-0.39, 0.29) is 23.6 Å². The first-order chi connectivity index (χ1) is 13.0. The molecule has 0 amide bonds. The van der Waals surface area contributed by atoms with Gasteiger partial charge in [0.15, 0.2) is 11.5 Å². The van der Waals surface area contributed by atoms with Gasteiger partial charge in [-0.3, -0.25) is 0 Å². The van der Waals surface area contributed by atoms with Gasteiger partial charge in [0.05, 0.1) is 18.8 Å². The van der Waals surface area contributed by atoms with Crippen LogP contribution >= 0.6 is 0 Å². The molecule has 0 saturated carbocycles. The van der Waals surface area contributed by atoms with E-state index in [1.165, 1.54) is 12.1 Å². The second-order valence-electron chi connectivity index (χ2n) is 8.01. The molecule has 2 aromatic rings. The van der Waals surface area contributed by atoms with E-state index in [0.29, 0.717) is 12.5 Å². The minimum atomic E-state index is -0.314. The van der Waals surface area contributed by atoms with E-state index in [1.807, 2.05) is 31.2 Å². The summed E-state index contributed by atoms with van der Waals surface area (Å²) < 4.78 is 32.0. The lowest BCUT2D eigenvalue weighted by Crippen LogP contribution is -2.48. The first kappa shape index (κ1) is 18.3. The van der Waals surface area contributed by atoms with E-state index in [1.54, 1.807) is 0 Å². The Morgan fingerprint density at radius 1 is 1.11 bits per heavy atom. The second-order valence-corrected chi connectivity index (χ2v) is 8.01. The lowest BCUT2D eigenvalue weighted by atomic mass is 9.75. The summed E-state index contributed by atoms with van der Waals surface area (Å²) >= 11 is 0. The third-order valence-electron chi connectivity index (χ3n) is 5.75. The predicted molar refractivity (Wildman–Crippen MR) is 103 cm³/mol. The van der Waals surface area contributed by atoms with Gasteiger partial charge in [0, 0.05) is 11.5 Å². The Morgan fingerprint density at radius 3 is 2.63 bits per heavy atom. The van der Waals surface area contributed by atoms with Crippen molar-refractivity contribution in [3.05, 3.63) is 59.4 Å². The van der Waals surface area contributed by atoms with Crippen molar-refractivity contribution in [2.45, 2.75) is 57.8 Å². The van der Waals surface area contributed by atoms with Crippen LogP contribution in [0.4, 0.5) is 4.39 Å². The molecule has 0 bridgehead atoms. The van der Waals surface area contributed by atoms with Crippen LogP contribution in [0.2, 0.25) is 0 Å². The van der Waals surface area contributed by atoms with Crippen molar-refractivity contribution in [1.82, 2.24) is 0 Å². The van der Waals surface area contributed by atoms with Gasteiger partial charge in [-0.2, -0.15) is 0 Å². The van der Waals surface area contributed by atoms with Crippen LogP contribution in [0.3, 0.4) is 0 Å². The molecule has 0 spiro atoms. The largest absolute Gasteiger partial charge is 0.490 e. The quantitative estimate of drug-likeness (QED) is 0.714. The zero-order valence-corrected chi connectivity index (χ0v) is 16.2. The standard InChI is InChI=1S/C23H27FO3/c1-4-25-20-7-5-6-18-21-19(23(2,3)27-22(18)20)13-12-17(26-21)14-15-8-10-16(24)11-9-15/h5-11,17,19,21H,4,12-14H2,1-3H3/t17-,19+,21-/m1/s1. The van der Waals surface area contributed by atoms with Crippen LogP contribution in [0.5, 0.6) is 11.5 Å². The van der Waals surface area contributed by atoms with Gasteiger partial charge in [-0.25, -0.2) is 4.39 Å². The van der Waals surface area contributed by atoms with E-state index in [2.05, 4.69) is 19.9 Å². The average Bonchev–Trinajstić information content (AvgIpc) is 2.64. The Morgan fingerprint density at radius 2 is 1.89 bits per heavy atom. The summed E-state index contributed by atoms with van der Waals surface area (Å²) in [4.78, 5) is 0. The molecule has 0 N–H and O–H groups in total. The highest BCUT2D eigenvalue weighted by Gasteiger charge is 2.48. The smallest absolute Gasteiger partial charge is 0.167 e. The molecular formula is C23H27FO3. The van der Waals surface area contributed by atoms with Gasteiger partial charge in [0.2, 0.25) is 0 Å². The van der Waals surface area contributed by atoms with Crippen LogP contribution in [0.25, 0.3) is 0 Å². The molecule has 1 saturated heterocycles. The Hall–Kier alpha value is -2.07. The molecule has 4 heteroatoms. The molecule has 144 valence electrons. The summed E-state index contributed by atoms with van der Waals surface area (Å²) in [5.74, 6) is 1.69. The number of halogens is 1. The lowest BCUT2D eigenvalue weighted by molar-refractivity contribution is -0.149. The summed E-state index contributed by atoms with van der Waals surface area (Å²) in [6.07, 6.45) is 2.93. The molecule has 3 nitrogen and oxygen atoms in total. The van der Waals surface area contributed by atoms with Gasteiger partial charge < -0.3 is 14.2 Å². The van der Waals surface area contributed by atoms with Crippen LogP contribution in [0.15, 0.2) is 42.5 Å². The Bertz CT molecular complexity index is 800. The SMILES string of the molecule is CCOc1cccc2c1OC(C)(C)[C@H]1CC[C@H](Cc3ccc(F)cc3)O[C@H]21. The molecular weight excluding hydrogens is 343 g/mol. The van der Waals surface area contributed by atoms with Crippen LogP contribution in [-0.4, -0.2) is 18.3 Å². The maximum absolute atomic E-state index is 13.2. The van der Waals surface area contributed by atoms with E-state index in [0.717, 1.165) is 41.9 Å². The molecule has 2 heterocycles. The molecule has 2 aliphatic rings. The summed E-state index contributed by atoms with van der Waals surface area (Å²) in [6.45, 7) is 6.86. The Kier molecular flexibility index (Phi) is 4.85. The van der Waals surface area contributed by atoms with Gasteiger partial charge >= 0.3 is 0 Å².